The molecule has 0 amide bonds. The number of benzene rings is 1. The summed E-state index contributed by atoms with van der Waals surface area (Å²) in [6.45, 7) is 6.48. The molecule has 1 heterocycles. The summed E-state index contributed by atoms with van der Waals surface area (Å²) < 4.78 is 0. The van der Waals surface area contributed by atoms with Crippen LogP contribution in [0.2, 0.25) is 0 Å². The number of nitrogens with one attached hydrogen (secondary N) is 1. The van der Waals surface area contributed by atoms with Crippen molar-refractivity contribution < 1.29 is 0 Å². The van der Waals surface area contributed by atoms with E-state index in [0.29, 0.717) is 12.0 Å². The predicted molar refractivity (Wildman–Crippen MR) is 81.4 cm³/mol. The lowest BCUT2D eigenvalue weighted by Gasteiger charge is -2.09. The predicted octanol–water partition coefficient (Wildman–Crippen LogP) is 3.75. The van der Waals surface area contributed by atoms with Gasteiger partial charge in [-0.3, -0.25) is 0 Å². The maximum absolute atomic E-state index is 5.79. The Morgan fingerprint density at radius 2 is 2.05 bits per heavy atom. The fraction of sp³-hybridized carbons (Fsp3) is 0.562. The number of aromatic nitrogens is 2. The van der Waals surface area contributed by atoms with E-state index in [4.69, 9.17) is 10.7 Å². The van der Waals surface area contributed by atoms with Crippen LogP contribution in [0.3, 0.4) is 0 Å². The number of H-pyrrole nitrogens is 1. The number of nitrogens with two attached hydrogens (primary N) is 1. The SMILES string of the molecule is CCc1ccc2nc(C(C)CCCC(C)N)[nH]c2c1. The number of aryl methyl sites for hydroxylation is 1. The average Bonchev–Trinajstić information content (AvgIpc) is 2.80. The van der Waals surface area contributed by atoms with Crippen LogP contribution in [0.1, 0.15) is 57.3 Å². The first-order valence-electron chi connectivity index (χ1n) is 7.34. The van der Waals surface area contributed by atoms with Crippen LogP contribution in [-0.4, -0.2) is 16.0 Å². The number of hydrogen-bond donors (Lipinski definition) is 2. The first-order chi connectivity index (χ1) is 9.10. The summed E-state index contributed by atoms with van der Waals surface area (Å²) >= 11 is 0. The highest BCUT2D eigenvalue weighted by Crippen LogP contribution is 2.23. The minimum atomic E-state index is 0.301. The molecule has 2 atom stereocenters. The van der Waals surface area contributed by atoms with Crippen LogP contribution in [0.15, 0.2) is 18.2 Å². The maximum atomic E-state index is 5.79. The molecular formula is C16H25N3. The van der Waals surface area contributed by atoms with Crippen LogP contribution in [0.25, 0.3) is 11.0 Å². The molecule has 2 aromatic rings. The number of fused-ring (bicyclic) bond motifs is 1. The van der Waals surface area contributed by atoms with E-state index in [9.17, 15) is 0 Å². The summed E-state index contributed by atoms with van der Waals surface area (Å²) in [7, 11) is 0. The second kappa shape index (κ2) is 6.20. The molecule has 3 nitrogen and oxygen atoms in total. The highest BCUT2D eigenvalue weighted by atomic mass is 14.9. The molecule has 1 aromatic heterocycles. The molecule has 0 bridgehead atoms. The molecule has 104 valence electrons. The Morgan fingerprint density at radius 1 is 1.26 bits per heavy atom. The van der Waals surface area contributed by atoms with Crippen molar-refractivity contribution in [2.45, 2.75) is 58.4 Å². The van der Waals surface area contributed by atoms with E-state index in [1.165, 1.54) is 5.56 Å². The van der Waals surface area contributed by atoms with Crippen LogP contribution in [-0.2, 0) is 6.42 Å². The third-order valence-electron chi connectivity index (χ3n) is 3.74. The van der Waals surface area contributed by atoms with Crippen LogP contribution in [0, 0.1) is 0 Å². The van der Waals surface area contributed by atoms with Gasteiger partial charge in [0, 0.05) is 12.0 Å². The van der Waals surface area contributed by atoms with Crippen molar-refractivity contribution in [2.75, 3.05) is 0 Å². The Morgan fingerprint density at radius 3 is 2.74 bits per heavy atom. The Bertz CT molecular complexity index is 528. The van der Waals surface area contributed by atoms with Gasteiger partial charge in [-0.05, 0) is 43.9 Å². The number of imidazole rings is 1. The van der Waals surface area contributed by atoms with Gasteiger partial charge >= 0.3 is 0 Å². The van der Waals surface area contributed by atoms with Crippen LogP contribution >= 0.6 is 0 Å². The lowest BCUT2D eigenvalue weighted by molar-refractivity contribution is 0.546. The van der Waals surface area contributed by atoms with Gasteiger partial charge in [0.05, 0.1) is 11.0 Å². The summed E-state index contributed by atoms with van der Waals surface area (Å²) in [5, 5.41) is 0. The third-order valence-corrected chi connectivity index (χ3v) is 3.74. The number of hydrogen-bond acceptors (Lipinski definition) is 2. The van der Waals surface area contributed by atoms with E-state index >= 15 is 0 Å². The van der Waals surface area contributed by atoms with E-state index in [1.54, 1.807) is 0 Å². The van der Waals surface area contributed by atoms with Crippen molar-refractivity contribution in [1.29, 1.82) is 0 Å². The summed E-state index contributed by atoms with van der Waals surface area (Å²) in [5.41, 5.74) is 9.38. The topological polar surface area (TPSA) is 54.7 Å². The van der Waals surface area contributed by atoms with Crippen LogP contribution < -0.4 is 5.73 Å². The van der Waals surface area contributed by atoms with Gasteiger partial charge in [0.1, 0.15) is 5.82 Å². The van der Waals surface area contributed by atoms with E-state index in [1.807, 2.05) is 0 Å². The number of nitrogens with zero attached hydrogens (tertiary/aromatic N) is 1. The third kappa shape index (κ3) is 3.57. The van der Waals surface area contributed by atoms with Gasteiger partial charge in [0.25, 0.3) is 0 Å². The smallest absolute Gasteiger partial charge is 0.110 e. The van der Waals surface area contributed by atoms with Crippen molar-refractivity contribution in [3.05, 3.63) is 29.6 Å². The molecular weight excluding hydrogens is 234 g/mol. The minimum Gasteiger partial charge on any atom is -0.342 e. The molecule has 2 rings (SSSR count). The number of aromatic amines is 1. The van der Waals surface area contributed by atoms with E-state index in [2.05, 4.69) is 44.0 Å². The van der Waals surface area contributed by atoms with Gasteiger partial charge in [-0.1, -0.05) is 26.3 Å². The molecule has 0 saturated heterocycles. The molecule has 19 heavy (non-hydrogen) atoms. The minimum absolute atomic E-state index is 0.301. The first-order valence-corrected chi connectivity index (χ1v) is 7.34. The lowest BCUT2D eigenvalue weighted by Crippen LogP contribution is -2.14. The maximum Gasteiger partial charge on any atom is 0.110 e. The Balaban J connectivity index is 2.07. The normalized spacial score (nSPS) is 14.7. The highest BCUT2D eigenvalue weighted by molar-refractivity contribution is 5.76. The molecule has 0 aliphatic rings. The van der Waals surface area contributed by atoms with Crippen molar-refractivity contribution in [2.24, 2.45) is 5.73 Å². The van der Waals surface area contributed by atoms with Crippen LogP contribution in [0.4, 0.5) is 0 Å². The van der Waals surface area contributed by atoms with Gasteiger partial charge in [-0.15, -0.1) is 0 Å². The average molecular weight is 259 g/mol. The molecule has 0 saturated carbocycles. The van der Waals surface area contributed by atoms with E-state index < -0.39 is 0 Å². The summed E-state index contributed by atoms with van der Waals surface area (Å²) in [6.07, 6.45) is 4.46. The van der Waals surface area contributed by atoms with Crippen molar-refractivity contribution in [1.82, 2.24) is 9.97 Å². The Labute approximate surface area is 115 Å². The molecule has 3 heteroatoms. The molecule has 0 aliphatic carbocycles. The van der Waals surface area contributed by atoms with Gasteiger partial charge in [-0.2, -0.15) is 0 Å². The molecule has 1 aromatic carbocycles. The van der Waals surface area contributed by atoms with Crippen molar-refractivity contribution in [3.8, 4) is 0 Å². The molecule has 0 radical (unpaired) electrons. The van der Waals surface area contributed by atoms with Gasteiger partial charge < -0.3 is 10.7 Å². The number of rotatable bonds is 6. The largest absolute Gasteiger partial charge is 0.342 e. The van der Waals surface area contributed by atoms with E-state index in [-0.39, 0.29) is 0 Å². The second-order valence-electron chi connectivity index (χ2n) is 5.64. The summed E-state index contributed by atoms with van der Waals surface area (Å²) in [6, 6.07) is 6.78. The summed E-state index contributed by atoms with van der Waals surface area (Å²) in [5.74, 6) is 1.57. The zero-order valence-electron chi connectivity index (χ0n) is 12.2. The quantitative estimate of drug-likeness (QED) is 0.830. The van der Waals surface area contributed by atoms with Gasteiger partial charge in [0.15, 0.2) is 0 Å². The van der Waals surface area contributed by atoms with Crippen LogP contribution in [0.5, 0.6) is 0 Å². The summed E-state index contributed by atoms with van der Waals surface area (Å²) in [4.78, 5) is 8.16. The lowest BCUT2D eigenvalue weighted by atomic mass is 10.0. The zero-order chi connectivity index (χ0) is 13.8. The van der Waals surface area contributed by atoms with Crippen molar-refractivity contribution >= 4 is 11.0 Å². The molecule has 3 N–H and O–H groups in total. The highest BCUT2D eigenvalue weighted by Gasteiger charge is 2.11. The van der Waals surface area contributed by atoms with Gasteiger partial charge in [-0.25, -0.2) is 4.98 Å². The fourth-order valence-electron chi connectivity index (χ4n) is 2.41. The zero-order valence-corrected chi connectivity index (χ0v) is 12.2. The van der Waals surface area contributed by atoms with Crippen molar-refractivity contribution in [3.63, 3.8) is 0 Å². The monoisotopic (exact) mass is 259 g/mol. The Kier molecular flexibility index (Phi) is 4.59. The Hall–Kier alpha value is -1.35. The molecule has 2 unspecified atom stereocenters. The second-order valence-corrected chi connectivity index (χ2v) is 5.64. The van der Waals surface area contributed by atoms with Gasteiger partial charge in [0.2, 0.25) is 0 Å². The first kappa shape index (κ1) is 14.1. The standard InChI is InChI=1S/C16H25N3/c1-4-13-8-9-14-15(10-13)19-16(18-14)11(2)6-5-7-12(3)17/h8-12H,4-7,17H2,1-3H3,(H,18,19). The fourth-order valence-corrected chi connectivity index (χ4v) is 2.41. The molecule has 0 aliphatic heterocycles. The molecule has 0 spiro atoms. The molecule has 0 fully saturated rings. The van der Waals surface area contributed by atoms with E-state index in [0.717, 1.165) is 42.5 Å².